The fraction of sp³-hybridized carbons (Fsp3) is 1.00. The molecule has 0 aliphatic carbocycles. The SMILES string of the molecule is CCCCCCCCC[N+]1(C)C[C@H](O)[C@@H](O)[C@H]1CO. The molecule has 1 heterocycles. The van der Waals surface area contributed by atoms with E-state index in [0.717, 1.165) is 13.0 Å². The number of quaternary nitrogens is 1. The monoisotopic (exact) mass is 274 g/mol. The number of aliphatic hydroxyl groups is 3. The number of likely N-dealkylation sites (N-methyl/N-ethyl adjacent to an activating group) is 1. The molecule has 0 radical (unpaired) electrons. The normalized spacial score (nSPS) is 34.9. The van der Waals surface area contributed by atoms with Crippen molar-refractivity contribution >= 4 is 0 Å². The summed E-state index contributed by atoms with van der Waals surface area (Å²) in [6, 6.07) is -0.227. The maximum Gasteiger partial charge on any atom is 0.141 e. The van der Waals surface area contributed by atoms with Gasteiger partial charge in [-0.15, -0.1) is 0 Å². The third kappa shape index (κ3) is 4.71. The average Bonchev–Trinajstić information content (AvgIpc) is 2.59. The first-order valence-electron chi connectivity index (χ1n) is 7.86. The molecule has 0 saturated carbocycles. The number of unbranched alkanes of at least 4 members (excludes halogenated alkanes) is 6. The highest BCUT2D eigenvalue weighted by molar-refractivity contribution is 4.83. The topological polar surface area (TPSA) is 60.7 Å². The zero-order chi connectivity index (χ0) is 14.3. The first-order chi connectivity index (χ1) is 9.05. The van der Waals surface area contributed by atoms with Crippen molar-refractivity contribution in [3.63, 3.8) is 0 Å². The molecule has 19 heavy (non-hydrogen) atoms. The molecule has 1 saturated heterocycles. The lowest BCUT2D eigenvalue weighted by Gasteiger charge is -2.35. The van der Waals surface area contributed by atoms with Crippen molar-refractivity contribution in [3.05, 3.63) is 0 Å². The fourth-order valence-corrected chi connectivity index (χ4v) is 3.29. The number of hydrogen-bond acceptors (Lipinski definition) is 3. The Kier molecular flexibility index (Phi) is 7.29. The lowest BCUT2D eigenvalue weighted by Crippen LogP contribution is -2.53. The highest BCUT2D eigenvalue weighted by Crippen LogP contribution is 2.26. The Morgan fingerprint density at radius 3 is 2.16 bits per heavy atom. The van der Waals surface area contributed by atoms with Crippen molar-refractivity contribution in [2.45, 2.75) is 70.1 Å². The van der Waals surface area contributed by atoms with Gasteiger partial charge in [-0.25, -0.2) is 0 Å². The summed E-state index contributed by atoms with van der Waals surface area (Å²) in [5, 5.41) is 29.0. The molecular formula is C15H32NO3+. The molecule has 0 spiro atoms. The summed E-state index contributed by atoms with van der Waals surface area (Å²) in [5.74, 6) is 0. The van der Waals surface area contributed by atoms with Gasteiger partial charge in [-0.05, 0) is 12.8 Å². The molecule has 114 valence electrons. The molecule has 0 aromatic rings. The molecule has 4 nitrogen and oxygen atoms in total. The van der Waals surface area contributed by atoms with E-state index >= 15 is 0 Å². The van der Waals surface area contributed by atoms with Crippen LogP contribution in [0, 0.1) is 0 Å². The van der Waals surface area contributed by atoms with E-state index in [1.807, 2.05) is 7.05 Å². The summed E-state index contributed by atoms with van der Waals surface area (Å²) in [4.78, 5) is 0. The number of aliphatic hydroxyl groups excluding tert-OH is 3. The van der Waals surface area contributed by atoms with Crippen LogP contribution in [0.2, 0.25) is 0 Å². The van der Waals surface area contributed by atoms with E-state index < -0.39 is 12.2 Å². The van der Waals surface area contributed by atoms with Crippen LogP contribution in [0.5, 0.6) is 0 Å². The first kappa shape index (κ1) is 16.9. The van der Waals surface area contributed by atoms with Gasteiger partial charge in [0, 0.05) is 0 Å². The Bertz CT molecular complexity index is 250. The van der Waals surface area contributed by atoms with Gasteiger partial charge in [-0.1, -0.05) is 39.0 Å². The zero-order valence-electron chi connectivity index (χ0n) is 12.6. The quantitative estimate of drug-likeness (QED) is 0.438. The molecule has 1 aliphatic heterocycles. The van der Waals surface area contributed by atoms with Crippen LogP contribution in [0.3, 0.4) is 0 Å². The van der Waals surface area contributed by atoms with Crippen LogP contribution >= 0.6 is 0 Å². The van der Waals surface area contributed by atoms with E-state index in [-0.39, 0.29) is 12.6 Å². The van der Waals surface area contributed by atoms with Gasteiger partial charge in [-0.2, -0.15) is 0 Å². The second-order valence-electron chi connectivity index (χ2n) is 6.31. The van der Waals surface area contributed by atoms with Gasteiger partial charge < -0.3 is 19.8 Å². The van der Waals surface area contributed by atoms with Crippen LogP contribution in [-0.4, -0.2) is 64.8 Å². The van der Waals surface area contributed by atoms with E-state index in [1.54, 1.807) is 0 Å². The van der Waals surface area contributed by atoms with Gasteiger partial charge in [-0.3, -0.25) is 0 Å². The van der Waals surface area contributed by atoms with Crippen LogP contribution in [0.15, 0.2) is 0 Å². The lowest BCUT2D eigenvalue weighted by atomic mass is 10.1. The lowest BCUT2D eigenvalue weighted by molar-refractivity contribution is -0.924. The largest absolute Gasteiger partial charge is 0.390 e. The van der Waals surface area contributed by atoms with Crippen molar-refractivity contribution in [3.8, 4) is 0 Å². The van der Waals surface area contributed by atoms with Crippen LogP contribution < -0.4 is 0 Å². The molecule has 1 rings (SSSR count). The molecule has 1 aliphatic rings. The second-order valence-corrected chi connectivity index (χ2v) is 6.31. The van der Waals surface area contributed by atoms with Gasteiger partial charge in [0.25, 0.3) is 0 Å². The van der Waals surface area contributed by atoms with E-state index in [1.165, 1.54) is 38.5 Å². The van der Waals surface area contributed by atoms with Crippen molar-refractivity contribution in [2.24, 2.45) is 0 Å². The number of likely N-dealkylation sites (tertiary alicyclic amines) is 1. The van der Waals surface area contributed by atoms with Crippen LogP contribution in [-0.2, 0) is 0 Å². The molecule has 0 aromatic carbocycles. The minimum atomic E-state index is -0.778. The second kappa shape index (κ2) is 8.20. The maximum atomic E-state index is 9.87. The smallest absolute Gasteiger partial charge is 0.141 e. The van der Waals surface area contributed by atoms with Crippen molar-refractivity contribution in [2.75, 3.05) is 26.7 Å². The minimum absolute atomic E-state index is 0.0504. The molecule has 1 unspecified atom stereocenters. The summed E-state index contributed by atoms with van der Waals surface area (Å²) in [5.41, 5.74) is 0. The zero-order valence-corrected chi connectivity index (χ0v) is 12.6. The predicted octanol–water partition coefficient (Wildman–Crippen LogP) is 1.28. The average molecular weight is 274 g/mol. The van der Waals surface area contributed by atoms with Gasteiger partial charge >= 0.3 is 0 Å². The van der Waals surface area contributed by atoms with Crippen LogP contribution in [0.4, 0.5) is 0 Å². The van der Waals surface area contributed by atoms with Crippen molar-refractivity contribution < 1.29 is 19.8 Å². The molecule has 1 fully saturated rings. The Balaban J connectivity index is 2.23. The van der Waals surface area contributed by atoms with Crippen LogP contribution in [0.25, 0.3) is 0 Å². The summed E-state index contributed by atoms with van der Waals surface area (Å²) in [7, 11) is 2.04. The van der Waals surface area contributed by atoms with E-state index in [2.05, 4.69) is 6.92 Å². The van der Waals surface area contributed by atoms with E-state index in [9.17, 15) is 15.3 Å². The van der Waals surface area contributed by atoms with E-state index in [0.29, 0.717) is 11.0 Å². The third-order valence-corrected chi connectivity index (χ3v) is 4.65. The Hall–Kier alpha value is -0.160. The maximum absolute atomic E-state index is 9.87. The van der Waals surface area contributed by atoms with Crippen LogP contribution in [0.1, 0.15) is 51.9 Å². The highest BCUT2D eigenvalue weighted by atomic mass is 16.3. The molecule has 0 amide bonds. The summed E-state index contributed by atoms with van der Waals surface area (Å²) in [6.45, 7) is 3.67. The molecular weight excluding hydrogens is 242 g/mol. The first-order valence-corrected chi connectivity index (χ1v) is 7.86. The van der Waals surface area contributed by atoms with Gasteiger partial charge in [0.15, 0.2) is 0 Å². The van der Waals surface area contributed by atoms with Gasteiger partial charge in [0.1, 0.15) is 24.8 Å². The van der Waals surface area contributed by atoms with Crippen molar-refractivity contribution in [1.82, 2.24) is 0 Å². The molecule has 0 bridgehead atoms. The molecule has 0 aromatic heterocycles. The van der Waals surface area contributed by atoms with Crippen molar-refractivity contribution in [1.29, 1.82) is 0 Å². The van der Waals surface area contributed by atoms with Gasteiger partial charge in [0.05, 0.1) is 20.2 Å². The Labute approximate surface area is 117 Å². The fourth-order valence-electron chi connectivity index (χ4n) is 3.29. The molecule has 4 atom stereocenters. The standard InChI is InChI=1S/C15H32NO3/c1-3-4-5-6-7-8-9-10-16(2)11-14(18)15(19)13(16)12-17/h13-15,17-19H,3-12H2,1-2H3/q+1/t13-,14+,15+,16?/m1/s1. The summed E-state index contributed by atoms with van der Waals surface area (Å²) in [6.07, 6.45) is 7.38. The highest BCUT2D eigenvalue weighted by Gasteiger charge is 2.49. The third-order valence-electron chi connectivity index (χ3n) is 4.65. The summed E-state index contributed by atoms with van der Waals surface area (Å²) < 4.78 is 0.605. The number of hydrogen-bond donors (Lipinski definition) is 3. The molecule has 4 heteroatoms. The number of rotatable bonds is 9. The predicted molar refractivity (Wildman–Crippen MR) is 76.8 cm³/mol. The molecule has 3 N–H and O–H groups in total. The van der Waals surface area contributed by atoms with E-state index in [4.69, 9.17) is 0 Å². The Morgan fingerprint density at radius 2 is 1.58 bits per heavy atom. The number of nitrogens with zero attached hydrogens (tertiary/aromatic N) is 1. The summed E-state index contributed by atoms with van der Waals surface area (Å²) >= 11 is 0. The van der Waals surface area contributed by atoms with Gasteiger partial charge in [0.2, 0.25) is 0 Å². The minimum Gasteiger partial charge on any atom is -0.390 e. The Morgan fingerprint density at radius 1 is 1.00 bits per heavy atom.